The molecule has 0 radical (unpaired) electrons. The van der Waals surface area contributed by atoms with Crippen molar-refractivity contribution in [1.29, 1.82) is 0 Å². The molecule has 9 heteroatoms. The smallest absolute Gasteiger partial charge is 0.374 e. The summed E-state index contributed by atoms with van der Waals surface area (Å²) in [6.45, 7) is 1.92. The second-order valence-electron chi connectivity index (χ2n) is 7.42. The quantitative estimate of drug-likeness (QED) is 0.290. The molecule has 0 saturated heterocycles. The van der Waals surface area contributed by atoms with Gasteiger partial charge in [0.2, 0.25) is 11.7 Å². The first kappa shape index (κ1) is 22.4. The zero-order chi connectivity index (χ0) is 23.9. The number of aromatic nitrogens is 2. The van der Waals surface area contributed by atoms with Crippen molar-refractivity contribution >= 4 is 17.4 Å². The highest BCUT2D eigenvalue weighted by Crippen LogP contribution is 2.34. The summed E-state index contributed by atoms with van der Waals surface area (Å²) in [5.41, 5.74) is 7.19. The number of nitrogens with one attached hydrogen (secondary N) is 2. The summed E-state index contributed by atoms with van der Waals surface area (Å²) in [5, 5.41) is 11.8. The summed E-state index contributed by atoms with van der Waals surface area (Å²) >= 11 is 0. The molecule has 4 aromatic rings. The number of hydrazine groups is 1. The van der Waals surface area contributed by atoms with Gasteiger partial charge in [0, 0.05) is 0 Å². The third kappa shape index (κ3) is 5.16. The number of amides is 1. The molecule has 3 aromatic carbocycles. The number of carbonyl (C=O) groups excluding carboxylic acids is 1. The monoisotopic (exact) mass is 455 g/mol. The molecule has 0 saturated carbocycles. The van der Waals surface area contributed by atoms with Crippen LogP contribution in [0.2, 0.25) is 0 Å². The summed E-state index contributed by atoms with van der Waals surface area (Å²) in [6, 6.07) is 25.5. The van der Waals surface area contributed by atoms with Crippen molar-refractivity contribution in [2.75, 3.05) is 5.43 Å². The molecule has 0 atom stereocenters. The molecule has 0 bridgehead atoms. The van der Waals surface area contributed by atoms with Crippen LogP contribution in [-0.2, 0) is 4.79 Å². The van der Waals surface area contributed by atoms with E-state index in [0.717, 1.165) is 23.0 Å². The molecule has 1 aromatic heterocycles. The van der Waals surface area contributed by atoms with E-state index in [1.165, 1.54) is 0 Å². The molecule has 1 amide bonds. The SMILES string of the molecule is Cc1ccc(Oc2ncnc(NNC(=O)C(c3ccccc3)c3ccccc3)c2[N+](=O)[O-])cc1. The maximum absolute atomic E-state index is 13.2. The summed E-state index contributed by atoms with van der Waals surface area (Å²) in [5.74, 6) is -1.11. The predicted octanol–water partition coefficient (Wildman–Crippen LogP) is 4.76. The lowest BCUT2D eigenvalue weighted by Gasteiger charge is -2.18. The van der Waals surface area contributed by atoms with Crippen LogP contribution in [0.3, 0.4) is 0 Å². The van der Waals surface area contributed by atoms with Gasteiger partial charge in [-0.1, -0.05) is 78.4 Å². The van der Waals surface area contributed by atoms with Gasteiger partial charge in [0.15, 0.2) is 0 Å². The minimum Gasteiger partial charge on any atom is -0.434 e. The fourth-order valence-corrected chi connectivity index (χ4v) is 3.39. The Kier molecular flexibility index (Phi) is 6.73. The molecule has 0 spiro atoms. The van der Waals surface area contributed by atoms with Crippen LogP contribution in [0.5, 0.6) is 11.6 Å². The molecule has 2 N–H and O–H groups in total. The second-order valence-corrected chi connectivity index (χ2v) is 7.42. The highest BCUT2D eigenvalue weighted by atomic mass is 16.6. The first-order valence-electron chi connectivity index (χ1n) is 10.4. The van der Waals surface area contributed by atoms with E-state index in [1.54, 1.807) is 12.1 Å². The molecule has 1 heterocycles. The van der Waals surface area contributed by atoms with Crippen molar-refractivity contribution in [1.82, 2.24) is 15.4 Å². The minimum absolute atomic E-state index is 0.199. The van der Waals surface area contributed by atoms with Crippen LogP contribution in [0, 0.1) is 17.0 Å². The first-order valence-corrected chi connectivity index (χ1v) is 10.4. The van der Waals surface area contributed by atoms with E-state index in [2.05, 4.69) is 20.8 Å². The predicted molar refractivity (Wildman–Crippen MR) is 126 cm³/mol. The summed E-state index contributed by atoms with van der Waals surface area (Å²) in [7, 11) is 0. The lowest BCUT2D eigenvalue weighted by Crippen LogP contribution is -2.35. The molecule has 170 valence electrons. The molecule has 0 aliphatic rings. The Morgan fingerprint density at radius 1 is 0.912 bits per heavy atom. The van der Waals surface area contributed by atoms with Crippen molar-refractivity contribution in [3.63, 3.8) is 0 Å². The molecule has 9 nitrogen and oxygen atoms in total. The van der Waals surface area contributed by atoms with Gasteiger partial charge in [0.05, 0.1) is 10.8 Å². The van der Waals surface area contributed by atoms with E-state index >= 15 is 0 Å². The maximum Gasteiger partial charge on any atom is 0.374 e. The lowest BCUT2D eigenvalue weighted by atomic mass is 9.91. The number of carbonyl (C=O) groups is 1. The third-order valence-corrected chi connectivity index (χ3v) is 5.04. The standard InChI is InChI=1S/C25H21N5O4/c1-17-12-14-20(15-13-17)34-25-22(30(32)33)23(26-16-27-25)28-29-24(31)21(18-8-4-2-5-9-18)19-10-6-3-7-11-19/h2-16,21H,1H3,(H,29,31)(H,26,27,28). The van der Waals surface area contributed by atoms with Crippen LogP contribution in [0.4, 0.5) is 11.5 Å². The van der Waals surface area contributed by atoms with Crippen molar-refractivity contribution in [2.45, 2.75) is 12.8 Å². The molecular weight excluding hydrogens is 434 g/mol. The summed E-state index contributed by atoms with van der Waals surface area (Å²) < 4.78 is 5.61. The van der Waals surface area contributed by atoms with E-state index in [0.29, 0.717) is 5.75 Å². The van der Waals surface area contributed by atoms with Gasteiger partial charge >= 0.3 is 11.6 Å². The molecule has 0 aliphatic heterocycles. The summed E-state index contributed by atoms with van der Waals surface area (Å²) in [4.78, 5) is 32.2. The number of hydrogen-bond donors (Lipinski definition) is 2. The van der Waals surface area contributed by atoms with Crippen LogP contribution >= 0.6 is 0 Å². The summed E-state index contributed by atoms with van der Waals surface area (Å²) in [6.07, 6.45) is 1.12. The van der Waals surface area contributed by atoms with Gasteiger partial charge < -0.3 is 4.74 Å². The molecule has 0 fully saturated rings. The molecule has 4 rings (SSSR count). The highest BCUT2D eigenvalue weighted by molar-refractivity contribution is 5.88. The Morgan fingerprint density at radius 2 is 1.50 bits per heavy atom. The van der Waals surface area contributed by atoms with E-state index in [9.17, 15) is 14.9 Å². The second kappa shape index (κ2) is 10.2. The average Bonchev–Trinajstić information content (AvgIpc) is 2.85. The normalized spacial score (nSPS) is 10.5. The zero-order valence-electron chi connectivity index (χ0n) is 18.2. The maximum atomic E-state index is 13.2. The van der Waals surface area contributed by atoms with Crippen LogP contribution < -0.4 is 15.6 Å². The van der Waals surface area contributed by atoms with Gasteiger partial charge in [-0.2, -0.15) is 4.98 Å². The van der Waals surface area contributed by atoms with E-state index in [-0.39, 0.29) is 11.7 Å². The number of ether oxygens (including phenoxy) is 1. The number of hydrogen-bond acceptors (Lipinski definition) is 7. The molecule has 0 aliphatic carbocycles. The minimum atomic E-state index is -0.663. The topological polar surface area (TPSA) is 119 Å². The largest absolute Gasteiger partial charge is 0.434 e. The van der Waals surface area contributed by atoms with E-state index in [4.69, 9.17) is 4.74 Å². The Balaban J connectivity index is 1.59. The van der Waals surface area contributed by atoms with Gasteiger partial charge in [-0.05, 0) is 30.2 Å². The molecule has 34 heavy (non-hydrogen) atoms. The number of nitro groups is 1. The van der Waals surface area contributed by atoms with Crippen molar-refractivity contribution < 1.29 is 14.5 Å². The van der Waals surface area contributed by atoms with Crippen LogP contribution in [0.1, 0.15) is 22.6 Å². The zero-order valence-corrected chi connectivity index (χ0v) is 18.2. The highest BCUT2D eigenvalue weighted by Gasteiger charge is 2.27. The van der Waals surface area contributed by atoms with Gasteiger partial charge in [-0.25, -0.2) is 4.98 Å². The number of nitrogens with zero attached hydrogens (tertiary/aromatic N) is 3. The Hall–Kier alpha value is -4.79. The van der Waals surface area contributed by atoms with Crippen LogP contribution in [0.15, 0.2) is 91.3 Å². The fourth-order valence-electron chi connectivity index (χ4n) is 3.39. The third-order valence-electron chi connectivity index (χ3n) is 5.04. The first-order chi connectivity index (χ1) is 16.5. The Bertz CT molecular complexity index is 1240. The van der Waals surface area contributed by atoms with Gasteiger partial charge in [-0.15, -0.1) is 0 Å². The Labute approximate surface area is 195 Å². The number of benzene rings is 3. The van der Waals surface area contributed by atoms with Crippen LogP contribution in [0.25, 0.3) is 0 Å². The van der Waals surface area contributed by atoms with E-state index < -0.39 is 22.4 Å². The van der Waals surface area contributed by atoms with Crippen molar-refractivity contribution in [2.24, 2.45) is 0 Å². The number of aryl methyl sites for hydroxylation is 1. The van der Waals surface area contributed by atoms with Gasteiger partial charge in [0.25, 0.3) is 0 Å². The average molecular weight is 455 g/mol. The Morgan fingerprint density at radius 3 is 2.06 bits per heavy atom. The lowest BCUT2D eigenvalue weighted by molar-refractivity contribution is -0.385. The van der Waals surface area contributed by atoms with Gasteiger partial charge in [-0.3, -0.25) is 25.8 Å². The molecule has 0 unspecified atom stereocenters. The number of rotatable bonds is 8. The molecular formula is C25H21N5O4. The van der Waals surface area contributed by atoms with Crippen molar-refractivity contribution in [3.05, 3.63) is 118 Å². The van der Waals surface area contributed by atoms with Crippen LogP contribution in [-0.4, -0.2) is 20.8 Å². The number of anilines is 1. The fraction of sp³-hybridized carbons (Fsp3) is 0.0800. The van der Waals surface area contributed by atoms with Gasteiger partial charge in [0.1, 0.15) is 12.1 Å². The van der Waals surface area contributed by atoms with E-state index in [1.807, 2.05) is 79.7 Å². The van der Waals surface area contributed by atoms with Crippen molar-refractivity contribution in [3.8, 4) is 11.6 Å².